The van der Waals surface area contributed by atoms with Crippen molar-refractivity contribution in [3.05, 3.63) is 82.7 Å². The van der Waals surface area contributed by atoms with Gasteiger partial charge in [0.2, 0.25) is 0 Å². The average molecular weight is 312 g/mol. The van der Waals surface area contributed by atoms with Crippen LogP contribution in [0.5, 0.6) is 0 Å². The first-order chi connectivity index (χ1) is 11.1. The molecule has 0 fully saturated rings. The van der Waals surface area contributed by atoms with Crippen LogP contribution >= 0.6 is 0 Å². The van der Waals surface area contributed by atoms with Gasteiger partial charge in [-0.2, -0.15) is 0 Å². The van der Waals surface area contributed by atoms with Gasteiger partial charge in [0.25, 0.3) is 5.69 Å². The summed E-state index contributed by atoms with van der Waals surface area (Å²) in [7, 11) is 0. The number of nitrogens with one attached hydrogen (secondary N) is 1. The van der Waals surface area contributed by atoms with Gasteiger partial charge in [-0.25, -0.2) is 9.37 Å². The lowest BCUT2D eigenvalue weighted by Crippen LogP contribution is -2.04. The second-order valence-corrected chi connectivity index (χ2v) is 4.88. The van der Waals surface area contributed by atoms with Crippen molar-refractivity contribution < 1.29 is 9.31 Å². The predicted octanol–water partition coefficient (Wildman–Crippen LogP) is 3.53. The van der Waals surface area contributed by atoms with E-state index in [9.17, 15) is 14.5 Å². The molecule has 0 bridgehead atoms. The predicted molar refractivity (Wildman–Crippen MR) is 83.9 cm³/mol. The first-order valence-electron chi connectivity index (χ1n) is 6.89. The monoisotopic (exact) mass is 312 g/mol. The van der Waals surface area contributed by atoms with Crippen molar-refractivity contribution in [3.8, 4) is 5.69 Å². The second kappa shape index (κ2) is 6.27. The van der Waals surface area contributed by atoms with Crippen molar-refractivity contribution in [2.75, 3.05) is 5.32 Å². The maximum absolute atomic E-state index is 14.2. The van der Waals surface area contributed by atoms with E-state index in [1.807, 2.05) is 0 Å². The van der Waals surface area contributed by atoms with Crippen molar-refractivity contribution in [3.63, 3.8) is 0 Å². The van der Waals surface area contributed by atoms with Crippen molar-refractivity contribution in [2.45, 2.75) is 6.54 Å². The zero-order valence-electron chi connectivity index (χ0n) is 12.0. The number of nitro groups is 1. The number of aromatic nitrogens is 2. The maximum atomic E-state index is 14.2. The van der Waals surface area contributed by atoms with Gasteiger partial charge in [-0.3, -0.25) is 10.1 Å². The molecule has 6 nitrogen and oxygen atoms in total. The fraction of sp³-hybridized carbons (Fsp3) is 0.0625. The van der Waals surface area contributed by atoms with Crippen LogP contribution in [0.25, 0.3) is 5.69 Å². The summed E-state index contributed by atoms with van der Waals surface area (Å²) >= 11 is 0. The molecule has 0 aliphatic heterocycles. The van der Waals surface area contributed by atoms with Gasteiger partial charge in [-0.05, 0) is 23.8 Å². The van der Waals surface area contributed by atoms with E-state index in [-0.39, 0.29) is 18.0 Å². The van der Waals surface area contributed by atoms with Gasteiger partial charge in [-0.15, -0.1) is 0 Å². The first kappa shape index (κ1) is 14.7. The summed E-state index contributed by atoms with van der Waals surface area (Å²) in [5.74, 6) is -0.384. The topological polar surface area (TPSA) is 73.0 Å². The van der Waals surface area contributed by atoms with Crippen LogP contribution in [0, 0.1) is 15.9 Å². The Morgan fingerprint density at radius 3 is 2.78 bits per heavy atom. The minimum Gasteiger partial charge on any atom is -0.375 e. The zero-order valence-corrected chi connectivity index (χ0v) is 12.0. The minimum absolute atomic E-state index is 0.0111. The minimum atomic E-state index is -0.453. The molecule has 0 amide bonds. The fourth-order valence-corrected chi connectivity index (χ4v) is 2.25. The number of para-hydroxylation sites is 2. The van der Waals surface area contributed by atoms with Gasteiger partial charge in [0.1, 0.15) is 11.5 Å². The Bertz CT molecular complexity index is 834. The summed E-state index contributed by atoms with van der Waals surface area (Å²) in [6, 6.07) is 11.2. The van der Waals surface area contributed by atoms with Gasteiger partial charge in [0.15, 0.2) is 0 Å². The van der Waals surface area contributed by atoms with E-state index in [4.69, 9.17) is 0 Å². The van der Waals surface area contributed by atoms with Crippen LogP contribution in [0.4, 0.5) is 15.8 Å². The van der Waals surface area contributed by atoms with Crippen molar-refractivity contribution >= 4 is 11.4 Å². The Kier molecular flexibility index (Phi) is 4.01. The molecule has 116 valence electrons. The van der Waals surface area contributed by atoms with E-state index >= 15 is 0 Å². The van der Waals surface area contributed by atoms with Crippen LogP contribution < -0.4 is 5.32 Å². The van der Waals surface area contributed by atoms with Crippen molar-refractivity contribution in [1.82, 2.24) is 9.55 Å². The Labute approximate surface area is 131 Å². The Hall–Kier alpha value is -3.22. The summed E-state index contributed by atoms with van der Waals surface area (Å²) in [6.45, 7) is 0.284. The summed E-state index contributed by atoms with van der Waals surface area (Å²) < 4.78 is 15.7. The van der Waals surface area contributed by atoms with Gasteiger partial charge in [0.05, 0.1) is 16.9 Å². The van der Waals surface area contributed by atoms with Crippen molar-refractivity contribution in [1.29, 1.82) is 0 Å². The maximum Gasteiger partial charge on any atom is 0.292 e. The van der Waals surface area contributed by atoms with Crippen molar-refractivity contribution in [2.24, 2.45) is 0 Å². The summed E-state index contributed by atoms with van der Waals surface area (Å²) in [5, 5.41) is 13.9. The summed E-state index contributed by atoms with van der Waals surface area (Å²) in [6.07, 6.45) is 4.75. The van der Waals surface area contributed by atoms with Gasteiger partial charge in [-0.1, -0.05) is 18.2 Å². The van der Waals surface area contributed by atoms with E-state index in [0.717, 1.165) is 0 Å². The molecule has 0 spiro atoms. The van der Waals surface area contributed by atoms with E-state index < -0.39 is 4.92 Å². The first-order valence-corrected chi connectivity index (χ1v) is 6.89. The van der Waals surface area contributed by atoms with E-state index in [1.54, 1.807) is 47.3 Å². The van der Waals surface area contributed by atoms with E-state index in [0.29, 0.717) is 16.9 Å². The Morgan fingerprint density at radius 1 is 1.26 bits per heavy atom. The molecule has 0 saturated carbocycles. The lowest BCUT2D eigenvalue weighted by Gasteiger charge is -2.09. The molecule has 1 N–H and O–H groups in total. The number of benzene rings is 2. The highest BCUT2D eigenvalue weighted by Gasteiger charge is 2.12. The molecule has 1 heterocycles. The molecular weight excluding hydrogens is 299 g/mol. The Balaban J connectivity index is 1.77. The van der Waals surface area contributed by atoms with Crippen LogP contribution in [0.15, 0.2) is 61.2 Å². The number of rotatable bonds is 5. The summed E-state index contributed by atoms with van der Waals surface area (Å²) in [4.78, 5) is 14.4. The second-order valence-electron chi connectivity index (χ2n) is 4.88. The number of nitrogens with zero attached hydrogens (tertiary/aromatic N) is 3. The highest BCUT2D eigenvalue weighted by molar-refractivity contribution is 5.61. The third-order valence-corrected chi connectivity index (χ3v) is 3.38. The third-order valence-electron chi connectivity index (χ3n) is 3.38. The van der Waals surface area contributed by atoms with Crippen LogP contribution in [-0.4, -0.2) is 14.5 Å². The normalized spacial score (nSPS) is 10.5. The van der Waals surface area contributed by atoms with Gasteiger partial charge in [0, 0.05) is 25.0 Å². The van der Waals surface area contributed by atoms with Gasteiger partial charge < -0.3 is 9.88 Å². The number of halogens is 1. The molecule has 0 saturated heterocycles. The standard InChI is InChI=1S/C16H13FN4O2/c17-13-9-12(5-6-15(13)20-8-7-18-11-20)10-19-14-3-1-2-4-16(14)21(22)23/h1-9,11,19H,10H2. The molecule has 0 aliphatic rings. The molecule has 2 aromatic carbocycles. The van der Waals surface area contributed by atoms with Crippen LogP contribution in [0.1, 0.15) is 5.56 Å². The van der Waals surface area contributed by atoms with Crippen LogP contribution in [0.2, 0.25) is 0 Å². The molecule has 0 unspecified atom stereocenters. The molecule has 0 atom stereocenters. The molecule has 7 heteroatoms. The van der Waals surface area contributed by atoms with Crippen LogP contribution in [-0.2, 0) is 6.54 Å². The lowest BCUT2D eigenvalue weighted by atomic mass is 10.2. The lowest BCUT2D eigenvalue weighted by molar-refractivity contribution is -0.384. The highest BCUT2D eigenvalue weighted by atomic mass is 19.1. The molecule has 0 radical (unpaired) electrons. The number of hydrogen-bond donors (Lipinski definition) is 1. The zero-order chi connectivity index (χ0) is 16.2. The number of anilines is 1. The molecular formula is C16H13FN4O2. The SMILES string of the molecule is O=[N+]([O-])c1ccccc1NCc1ccc(-n2ccnc2)c(F)c1. The molecule has 3 aromatic rings. The third kappa shape index (κ3) is 3.18. The molecule has 0 aliphatic carbocycles. The highest BCUT2D eigenvalue weighted by Crippen LogP contribution is 2.24. The Morgan fingerprint density at radius 2 is 2.09 bits per heavy atom. The van der Waals surface area contributed by atoms with E-state index in [2.05, 4.69) is 10.3 Å². The fourth-order valence-electron chi connectivity index (χ4n) is 2.25. The average Bonchev–Trinajstić information content (AvgIpc) is 3.07. The molecule has 23 heavy (non-hydrogen) atoms. The quantitative estimate of drug-likeness (QED) is 0.578. The molecule has 3 rings (SSSR count). The number of imidazole rings is 1. The van der Waals surface area contributed by atoms with E-state index in [1.165, 1.54) is 18.5 Å². The smallest absolute Gasteiger partial charge is 0.292 e. The number of hydrogen-bond acceptors (Lipinski definition) is 4. The number of nitro benzene ring substituents is 1. The summed E-state index contributed by atoms with van der Waals surface area (Å²) in [5.41, 5.74) is 1.47. The molecule has 1 aromatic heterocycles. The van der Waals surface area contributed by atoms with Crippen LogP contribution in [0.3, 0.4) is 0 Å². The largest absolute Gasteiger partial charge is 0.375 e. The van der Waals surface area contributed by atoms with Gasteiger partial charge >= 0.3 is 0 Å².